The first-order chi connectivity index (χ1) is 28.2. The van der Waals surface area contributed by atoms with Gasteiger partial charge in [0.1, 0.15) is 11.2 Å². The van der Waals surface area contributed by atoms with E-state index in [2.05, 4.69) is 187 Å². The molecule has 2 aromatic heterocycles. The minimum absolute atomic E-state index is 0.104. The summed E-state index contributed by atoms with van der Waals surface area (Å²) in [6.45, 7) is 2.32. The number of furan rings is 2. The number of aryl methyl sites for hydroxylation is 2. The van der Waals surface area contributed by atoms with Crippen LogP contribution in [0, 0.1) is 5.92 Å². The third-order valence-electron chi connectivity index (χ3n) is 12.4. The fourth-order valence-electron chi connectivity index (χ4n) is 9.82. The SMILES string of the molecule is CC1C=CC=CC1N(c1ccc2ccc3c(N(c4ccccc4)c4cccc5c4oc4ccccc45)ccc4c3c2c1CC4)c1cccc2c1oc1ccccc12. The summed E-state index contributed by atoms with van der Waals surface area (Å²) in [7, 11) is 0. The Morgan fingerprint density at radius 2 is 1.11 bits per heavy atom. The number of benzene rings is 8. The van der Waals surface area contributed by atoms with E-state index in [0.717, 1.165) is 79.5 Å². The summed E-state index contributed by atoms with van der Waals surface area (Å²) in [5.74, 6) is 0.288. The van der Waals surface area contributed by atoms with Crippen LogP contribution >= 0.6 is 0 Å². The van der Waals surface area contributed by atoms with Crippen molar-refractivity contribution >= 4 is 93.9 Å². The number of nitrogens with zero attached hydrogens (tertiary/aromatic N) is 2. The summed E-state index contributed by atoms with van der Waals surface area (Å²) in [6.07, 6.45) is 11.0. The molecule has 8 aromatic carbocycles. The lowest BCUT2D eigenvalue weighted by Gasteiger charge is -2.38. The number of rotatable bonds is 6. The maximum atomic E-state index is 6.73. The predicted molar refractivity (Wildman–Crippen MR) is 238 cm³/mol. The average molecular weight is 735 g/mol. The lowest BCUT2D eigenvalue weighted by atomic mass is 9.83. The number of fused-ring (bicyclic) bond motifs is 6. The zero-order valence-corrected chi connectivity index (χ0v) is 31.5. The Hall–Kier alpha value is -7.04. The number of hydrogen-bond acceptors (Lipinski definition) is 4. The first-order valence-corrected chi connectivity index (χ1v) is 20.0. The molecule has 0 bridgehead atoms. The molecule has 57 heavy (non-hydrogen) atoms. The van der Waals surface area contributed by atoms with Crippen LogP contribution in [-0.4, -0.2) is 6.04 Å². The van der Waals surface area contributed by atoms with Crippen LogP contribution < -0.4 is 9.80 Å². The van der Waals surface area contributed by atoms with Crippen molar-refractivity contribution in [2.75, 3.05) is 9.80 Å². The minimum Gasteiger partial charge on any atom is -0.454 e. The van der Waals surface area contributed by atoms with Crippen LogP contribution in [0.25, 0.3) is 65.4 Å². The van der Waals surface area contributed by atoms with E-state index in [1.165, 1.54) is 38.4 Å². The van der Waals surface area contributed by atoms with Crippen molar-refractivity contribution in [2.24, 2.45) is 5.92 Å². The molecule has 0 saturated carbocycles. The van der Waals surface area contributed by atoms with Crippen molar-refractivity contribution in [3.8, 4) is 0 Å². The van der Waals surface area contributed by atoms with Crippen LogP contribution in [0.2, 0.25) is 0 Å². The van der Waals surface area contributed by atoms with Gasteiger partial charge in [-0.1, -0.05) is 134 Å². The lowest BCUT2D eigenvalue weighted by molar-refractivity contribution is 0.603. The van der Waals surface area contributed by atoms with E-state index in [0.29, 0.717) is 0 Å². The first-order valence-electron chi connectivity index (χ1n) is 20.0. The topological polar surface area (TPSA) is 32.8 Å². The molecule has 0 saturated heterocycles. The largest absolute Gasteiger partial charge is 0.454 e. The monoisotopic (exact) mass is 734 g/mol. The Kier molecular flexibility index (Phi) is 7.06. The van der Waals surface area contributed by atoms with Gasteiger partial charge in [-0.05, 0) is 94.6 Å². The highest BCUT2D eigenvalue weighted by atomic mass is 16.3. The summed E-state index contributed by atoms with van der Waals surface area (Å²) >= 11 is 0. The van der Waals surface area contributed by atoms with Crippen LogP contribution in [0.5, 0.6) is 0 Å². The summed E-state index contributed by atoms with van der Waals surface area (Å²) < 4.78 is 13.4. The molecule has 12 rings (SSSR count). The third kappa shape index (κ3) is 4.80. The maximum Gasteiger partial charge on any atom is 0.159 e. The molecule has 4 heteroatoms. The molecule has 2 unspecified atom stereocenters. The molecule has 2 aliphatic rings. The summed E-state index contributed by atoms with van der Waals surface area (Å²) in [6, 6.07) is 54.7. The molecule has 4 nitrogen and oxygen atoms in total. The number of hydrogen-bond donors (Lipinski definition) is 0. The first kappa shape index (κ1) is 32.2. The van der Waals surface area contributed by atoms with E-state index >= 15 is 0 Å². The second-order valence-electron chi connectivity index (χ2n) is 15.6. The van der Waals surface area contributed by atoms with E-state index < -0.39 is 0 Å². The summed E-state index contributed by atoms with van der Waals surface area (Å²) in [4.78, 5) is 4.96. The molecule has 2 aliphatic carbocycles. The van der Waals surface area contributed by atoms with Crippen LogP contribution in [0.3, 0.4) is 0 Å². The molecular formula is C53H38N2O2. The smallest absolute Gasteiger partial charge is 0.159 e. The highest BCUT2D eigenvalue weighted by molar-refractivity contribution is 6.19. The van der Waals surface area contributed by atoms with Gasteiger partial charge in [-0.25, -0.2) is 0 Å². The predicted octanol–water partition coefficient (Wildman–Crippen LogP) is 14.6. The van der Waals surface area contributed by atoms with Crippen molar-refractivity contribution in [3.05, 3.63) is 187 Å². The molecule has 0 spiro atoms. The molecule has 0 radical (unpaired) electrons. The van der Waals surface area contributed by atoms with Crippen LogP contribution in [0.15, 0.2) is 185 Å². The normalized spacial score (nSPS) is 16.2. The van der Waals surface area contributed by atoms with E-state index in [-0.39, 0.29) is 12.0 Å². The molecular weight excluding hydrogens is 697 g/mol. The van der Waals surface area contributed by atoms with Gasteiger partial charge in [0.15, 0.2) is 11.2 Å². The Morgan fingerprint density at radius 3 is 1.86 bits per heavy atom. The Balaban J connectivity index is 1.12. The van der Waals surface area contributed by atoms with Crippen molar-refractivity contribution in [1.82, 2.24) is 0 Å². The average Bonchev–Trinajstić information content (AvgIpc) is 3.84. The standard InChI is InChI=1S/C53H38N2O2/c1-33-13-5-8-20-43(33)55(47-22-12-19-40-38-17-7-10-24-49(38)57-53(40)47)45-32-28-35-25-29-41-44(31-27-34-26-30-42(45)51(35)50(34)41)54(36-14-3-2-4-15-36)46-21-11-18-39-37-16-6-9-23-48(37)56-52(39)46/h2-25,27-29,31-33,43H,26,30H2,1H3. The fraction of sp³-hybridized carbons (Fsp3) is 0.0943. The van der Waals surface area contributed by atoms with Crippen molar-refractivity contribution < 1.29 is 8.83 Å². The Labute approximate surface area is 330 Å². The molecule has 2 atom stereocenters. The van der Waals surface area contributed by atoms with Crippen LogP contribution in [0.4, 0.5) is 28.4 Å². The molecule has 0 amide bonds. The minimum atomic E-state index is 0.104. The summed E-state index contributed by atoms with van der Waals surface area (Å²) in [5, 5.41) is 9.69. The maximum absolute atomic E-state index is 6.73. The van der Waals surface area contributed by atoms with Gasteiger partial charge < -0.3 is 18.6 Å². The molecule has 10 aromatic rings. The Morgan fingerprint density at radius 1 is 0.474 bits per heavy atom. The quantitative estimate of drug-likeness (QED) is 0.159. The van der Waals surface area contributed by atoms with Gasteiger partial charge in [-0.2, -0.15) is 0 Å². The number of para-hydroxylation sites is 5. The second kappa shape index (κ2) is 12.5. The highest BCUT2D eigenvalue weighted by Crippen LogP contribution is 2.50. The van der Waals surface area contributed by atoms with Crippen molar-refractivity contribution in [3.63, 3.8) is 0 Å². The number of anilines is 5. The van der Waals surface area contributed by atoms with Gasteiger partial charge in [0.25, 0.3) is 0 Å². The van der Waals surface area contributed by atoms with Gasteiger partial charge in [-0.15, -0.1) is 0 Å². The molecule has 0 N–H and O–H groups in total. The number of allylic oxidation sites excluding steroid dienone is 2. The molecule has 2 heterocycles. The zero-order valence-electron chi connectivity index (χ0n) is 31.5. The Bertz CT molecular complexity index is 3290. The van der Waals surface area contributed by atoms with Gasteiger partial charge in [0.2, 0.25) is 0 Å². The molecule has 0 aliphatic heterocycles. The van der Waals surface area contributed by atoms with Crippen LogP contribution in [0.1, 0.15) is 18.1 Å². The van der Waals surface area contributed by atoms with E-state index in [1.54, 1.807) is 0 Å². The van der Waals surface area contributed by atoms with Gasteiger partial charge >= 0.3 is 0 Å². The van der Waals surface area contributed by atoms with E-state index in [1.807, 2.05) is 6.07 Å². The second-order valence-corrected chi connectivity index (χ2v) is 15.6. The van der Waals surface area contributed by atoms with Gasteiger partial charge in [0, 0.05) is 38.3 Å². The van der Waals surface area contributed by atoms with Gasteiger partial charge in [-0.3, -0.25) is 0 Å². The summed E-state index contributed by atoms with van der Waals surface area (Å²) in [5.41, 5.74) is 12.0. The van der Waals surface area contributed by atoms with E-state index in [9.17, 15) is 0 Å². The van der Waals surface area contributed by atoms with Crippen molar-refractivity contribution in [2.45, 2.75) is 25.8 Å². The van der Waals surface area contributed by atoms with E-state index in [4.69, 9.17) is 8.83 Å². The van der Waals surface area contributed by atoms with Crippen molar-refractivity contribution in [1.29, 1.82) is 0 Å². The molecule has 0 fully saturated rings. The van der Waals surface area contributed by atoms with Crippen LogP contribution in [-0.2, 0) is 12.8 Å². The zero-order chi connectivity index (χ0) is 37.6. The highest BCUT2D eigenvalue weighted by Gasteiger charge is 2.31. The van der Waals surface area contributed by atoms with Gasteiger partial charge in [0.05, 0.1) is 23.1 Å². The lowest BCUT2D eigenvalue weighted by Crippen LogP contribution is -2.36. The fourth-order valence-corrected chi connectivity index (χ4v) is 9.82. The molecule has 272 valence electrons. The third-order valence-corrected chi connectivity index (χ3v) is 12.4.